The average molecular weight is 388 g/mol. The SMILES string of the molecule is CCOc1ccccc1Nc1cc(C(=O)N2CCCC2)nc(-c2ccccc2)n1. The first-order chi connectivity index (χ1) is 14.2. The zero-order valence-corrected chi connectivity index (χ0v) is 16.5. The Kier molecular flexibility index (Phi) is 5.70. The molecule has 0 aliphatic carbocycles. The summed E-state index contributed by atoms with van der Waals surface area (Å²) in [6.07, 6.45) is 2.07. The minimum Gasteiger partial charge on any atom is -0.492 e. The number of para-hydroxylation sites is 2. The summed E-state index contributed by atoms with van der Waals surface area (Å²) >= 11 is 0. The lowest BCUT2D eigenvalue weighted by molar-refractivity contribution is 0.0787. The molecule has 6 heteroatoms. The maximum atomic E-state index is 13.0. The molecule has 2 heterocycles. The van der Waals surface area contributed by atoms with Crippen molar-refractivity contribution in [2.24, 2.45) is 0 Å². The molecule has 1 saturated heterocycles. The molecule has 29 heavy (non-hydrogen) atoms. The number of amides is 1. The number of ether oxygens (including phenoxy) is 1. The highest BCUT2D eigenvalue weighted by Crippen LogP contribution is 2.28. The first-order valence-electron chi connectivity index (χ1n) is 9.97. The Morgan fingerprint density at radius 1 is 1.03 bits per heavy atom. The van der Waals surface area contributed by atoms with Crippen molar-refractivity contribution < 1.29 is 9.53 Å². The van der Waals surface area contributed by atoms with Crippen LogP contribution in [0.5, 0.6) is 5.75 Å². The largest absolute Gasteiger partial charge is 0.492 e. The molecule has 3 aromatic rings. The molecule has 4 rings (SSSR count). The van der Waals surface area contributed by atoms with Crippen molar-refractivity contribution in [2.45, 2.75) is 19.8 Å². The van der Waals surface area contributed by atoms with Crippen molar-refractivity contribution in [3.05, 3.63) is 66.4 Å². The van der Waals surface area contributed by atoms with Gasteiger partial charge in [0.2, 0.25) is 0 Å². The van der Waals surface area contributed by atoms with Crippen molar-refractivity contribution >= 4 is 17.4 Å². The summed E-state index contributed by atoms with van der Waals surface area (Å²) in [5, 5.41) is 3.31. The maximum absolute atomic E-state index is 13.0. The van der Waals surface area contributed by atoms with Gasteiger partial charge < -0.3 is 15.0 Å². The number of likely N-dealkylation sites (tertiary alicyclic amines) is 1. The highest BCUT2D eigenvalue weighted by atomic mass is 16.5. The van der Waals surface area contributed by atoms with E-state index in [1.54, 1.807) is 6.07 Å². The van der Waals surface area contributed by atoms with Gasteiger partial charge in [-0.05, 0) is 31.9 Å². The van der Waals surface area contributed by atoms with Gasteiger partial charge in [-0.2, -0.15) is 0 Å². The third kappa shape index (κ3) is 4.37. The van der Waals surface area contributed by atoms with Crippen LogP contribution in [0.4, 0.5) is 11.5 Å². The van der Waals surface area contributed by atoms with Crippen LogP contribution in [-0.2, 0) is 0 Å². The van der Waals surface area contributed by atoms with E-state index in [0.29, 0.717) is 23.9 Å². The summed E-state index contributed by atoms with van der Waals surface area (Å²) in [6.45, 7) is 4.07. The normalized spacial score (nSPS) is 13.3. The third-order valence-corrected chi connectivity index (χ3v) is 4.82. The van der Waals surface area contributed by atoms with Crippen molar-refractivity contribution in [3.63, 3.8) is 0 Å². The molecular formula is C23H24N4O2. The van der Waals surface area contributed by atoms with Crippen LogP contribution < -0.4 is 10.1 Å². The molecule has 0 bridgehead atoms. The standard InChI is InChI=1S/C23H24N4O2/c1-2-29-20-13-7-6-12-18(20)24-21-16-19(23(28)27-14-8-9-15-27)25-22(26-21)17-10-4-3-5-11-17/h3-7,10-13,16H,2,8-9,14-15H2,1H3,(H,24,25,26). The molecule has 0 atom stereocenters. The number of benzene rings is 2. The van der Waals surface area contributed by atoms with Gasteiger partial charge in [-0.25, -0.2) is 9.97 Å². The predicted molar refractivity (Wildman–Crippen MR) is 113 cm³/mol. The molecule has 6 nitrogen and oxygen atoms in total. The fourth-order valence-corrected chi connectivity index (χ4v) is 3.41. The van der Waals surface area contributed by atoms with Crippen molar-refractivity contribution in [1.29, 1.82) is 0 Å². The highest BCUT2D eigenvalue weighted by molar-refractivity contribution is 5.94. The van der Waals surface area contributed by atoms with Crippen LogP contribution in [0.15, 0.2) is 60.7 Å². The number of nitrogens with zero attached hydrogens (tertiary/aromatic N) is 3. The summed E-state index contributed by atoms with van der Waals surface area (Å²) in [5.41, 5.74) is 2.06. The van der Waals surface area contributed by atoms with Gasteiger partial charge in [0.25, 0.3) is 5.91 Å². The van der Waals surface area contributed by atoms with Crippen LogP contribution in [0, 0.1) is 0 Å². The minimum atomic E-state index is -0.0526. The van der Waals surface area contributed by atoms with E-state index in [1.165, 1.54) is 0 Å². The lowest BCUT2D eigenvalue weighted by atomic mass is 10.2. The molecule has 0 spiro atoms. The van der Waals surface area contributed by atoms with Gasteiger partial charge in [-0.15, -0.1) is 0 Å². The summed E-state index contributed by atoms with van der Waals surface area (Å²) < 4.78 is 5.70. The van der Waals surface area contributed by atoms with E-state index >= 15 is 0 Å². The maximum Gasteiger partial charge on any atom is 0.272 e. The number of carbonyl (C=O) groups excluding carboxylic acids is 1. The highest BCUT2D eigenvalue weighted by Gasteiger charge is 2.22. The predicted octanol–water partition coefficient (Wildman–Crippen LogP) is 4.52. The summed E-state index contributed by atoms with van der Waals surface area (Å²) in [7, 11) is 0. The Morgan fingerprint density at radius 2 is 1.76 bits per heavy atom. The van der Waals surface area contributed by atoms with Crippen LogP contribution in [0.3, 0.4) is 0 Å². The molecule has 1 fully saturated rings. The summed E-state index contributed by atoms with van der Waals surface area (Å²) in [5.74, 6) is 1.77. The Labute approximate surface area is 170 Å². The van der Waals surface area contributed by atoms with Gasteiger partial charge in [-0.3, -0.25) is 4.79 Å². The Hall–Kier alpha value is -3.41. The fraction of sp³-hybridized carbons (Fsp3) is 0.261. The minimum absolute atomic E-state index is 0.0526. The molecule has 1 amide bonds. The lowest BCUT2D eigenvalue weighted by Gasteiger charge is -2.17. The smallest absolute Gasteiger partial charge is 0.272 e. The van der Waals surface area contributed by atoms with Crippen LogP contribution in [-0.4, -0.2) is 40.5 Å². The lowest BCUT2D eigenvalue weighted by Crippen LogP contribution is -2.28. The van der Waals surface area contributed by atoms with Gasteiger partial charge in [0.05, 0.1) is 12.3 Å². The number of anilines is 2. The van der Waals surface area contributed by atoms with Gasteiger partial charge in [0.15, 0.2) is 5.82 Å². The van der Waals surface area contributed by atoms with Crippen molar-refractivity contribution in [2.75, 3.05) is 25.0 Å². The number of hydrogen-bond acceptors (Lipinski definition) is 5. The van der Waals surface area contributed by atoms with E-state index in [4.69, 9.17) is 4.74 Å². The number of carbonyl (C=O) groups is 1. The van der Waals surface area contributed by atoms with E-state index in [0.717, 1.165) is 42.9 Å². The zero-order valence-electron chi connectivity index (χ0n) is 16.5. The average Bonchev–Trinajstić information content (AvgIpc) is 3.30. The molecule has 2 aromatic carbocycles. The quantitative estimate of drug-likeness (QED) is 0.672. The number of nitrogens with one attached hydrogen (secondary N) is 1. The number of hydrogen-bond donors (Lipinski definition) is 1. The second kappa shape index (κ2) is 8.73. The van der Waals surface area contributed by atoms with Crippen LogP contribution in [0.1, 0.15) is 30.3 Å². The fourth-order valence-electron chi connectivity index (χ4n) is 3.41. The first-order valence-corrected chi connectivity index (χ1v) is 9.97. The zero-order chi connectivity index (χ0) is 20.1. The Bertz CT molecular complexity index is 985. The first kappa shape index (κ1) is 18.9. The second-order valence-electron chi connectivity index (χ2n) is 6.88. The molecule has 1 aliphatic rings. The molecule has 0 radical (unpaired) electrons. The third-order valence-electron chi connectivity index (χ3n) is 4.82. The van der Waals surface area contributed by atoms with Crippen molar-refractivity contribution in [3.8, 4) is 17.1 Å². The van der Waals surface area contributed by atoms with Crippen LogP contribution >= 0.6 is 0 Å². The summed E-state index contributed by atoms with van der Waals surface area (Å²) in [6, 6.07) is 19.1. The van der Waals surface area contributed by atoms with E-state index in [2.05, 4.69) is 15.3 Å². The molecule has 1 aliphatic heterocycles. The molecular weight excluding hydrogens is 364 g/mol. The van der Waals surface area contributed by atoms with Gasteiger partial charge >= 0.3 is 0 Å². The topological polar surface area (TPSA) is 67.3 Å². The van der Waals surface area contributed by atoms with Gasteiger partial charge in [0.1, 0.15) is 17.3 Å². The number of aromatic nitrogens is 2. The number of rotatable bonds is 6. The second-order valence-corrected chi connectivity index (χ2v) is 6.88. The van der Waals surface area contributed by atoms with E-state index < -0.39 is 0 Å². The van der Waals surface area contributed by atoms with Crippen LogP contribution in [0.25, 0.3) is 11.4 Å². The van der Waals surface area contributed by atoms with E-state index in [-0.39, 0.29) is 5.91 Å². The molecule has 1 aromatic heterocycles. The van der Waals surface area contributed by atoms with E-state index in [9.17, 15) is 4.79 Å². The molecule has 0 saturated carbocycles. The molecule has 0 unspecified atom stereocenters. The Balaban J connectivity index is 1.73. The van der Waals surface area contributed by atoms with Gasteiger partial charge in [-0.1, -0.05) is 42.5 Å². The van der Waals surface area contributed by atoms with Crippen LogP contribution in [0.2, 0.25) is 0 Å². The molecule has 1 N–H and O–H groups in total. The van der Waals surface area contributed by atoms with E-state index in [1.807, 2.05) is 66.4 Å². The van der Waals surface area contributed by atoms with Crippen molar-refractivity contribution in [1.82, 2.24) is 14.9 Å². The summed E-state index contributed by atoms with van der Waals surface area (Å²) in [4.78, 5) is 24.1. The van der Waals surface area contributed by atoms with Gasteiger partial charge in [0, 0.05) is 24.7 Å². The monoisotopic (exact) mass is 388 g/mol. The Morgan fingerprint density at radius 3 is 2.52 bits per heavy atom. The molecule has 148 valence electrons.